The zero-order valence-electron chi connectivity index (χ0n) is 58.9. The molecule has 1 amide bonds. The molecule has 0 radical (unpaired) electrons. The Labute approximate surface area is 552 Å². The van der Waals surface area contributed by atoms with Gasteiger partial charge in [0.25, 0.3) is 0 Å². The van der Waals surface area contributed by atoms with Crippen LogP contribution in [-0.4, -0.2) is 73.4 Å². The van der Waals surface area contributed by atoms with Crippen LogP contribution in [0.1, 0.15) is 328 Å². The van der Waals surface area contributed by atoms with Gasteiger partial charge >= 0.3 is 7.82 Å². The van der Waals surface area contributed by atoms with Crippen molar-refractivity contribution in [1.29, 1.82) is 0 Å². The molecular formula is C80H144N2O6P+. The molecule has 0 fully saturated rings. The van der Waals surface area contributed by atoms with Gasteiger partial charge in [-0.15, -0.1) is 0 Å². The van der Waals surface area contributed by atoms with Gasteiger partial charge in [-0.1, -0.05) is 341 Å². The van der Waals surface area contributed by atoms with E-state index in [1.165, 1.54) is 218 Å². The molecule has 3 unspecified atom stereocenters. The third-order valence-electron chi connectivity index (χ3n) is 16.4. The van der Waals surface area contributed by atoms with E-state index in [0.717, 1.165) is 89.9 Å². The first-order valence-electron chi connectivity index (χ1n) is 37.4. The van der Waals surface area contributed by atoms with E-state index >= 15 is 0 Å². The summed E-state index contributed by atoms with van der Waals surface area (Å²) in [6.07, 6.45) is 104. The zero-order chi connectivity index (χ0) is 64.8. The van der Waals surface area contributed by atoms with E-state index in [2.05, 4.69) is 129 Å². The number of aliphatic hydroxyl groups excluding tert-OH is 1. The molecular weight excluding hydrogens is 1120 g/mol. The van der Waals surface area contributed by atoms with E-state index in [1.54, 1.807) is 6.08 Å². The molecule has 3 atom stereocenters. The number of carbonyl (C=O) groups is 1. The van der Waals surface area contributed by atoms with Crippen molar-refractivity contribution in [3.63, 3.8) is 0 Å². The van der Waals surface area contributed by atoms with Crippen LogP contribution >= 0.6 is 7.82 Å². The zero-order valence-corrected chi connectivity index (χ0v) is 59.8. The molecule has 0 spiro atoms. The molecule has 0 saturated heterocycles. The second-order valence-corrected chi connectivity index (χ2v) is 27.7. The molecule has 8 nitrogen and oxygen atoms in total. The number of amides is 1. The van der Waals surface area contributed by atoms with E-state index in [-0.39, 0.29) is 19.1 Å². The number of nitrogens with one attached hydrogen (secondary N) is 1. The van der Waals surface area contributed by atoms with Crippen molar-refractivity contribution in [3.8, 4) is 0 Å². The Bertz CT molecular complexity index is 1870. The molecule has 0 bridgehead atoms. The van der Waals surface area contributed by atoms with E-state index < -0.39 is 20.0 Å². The number of rotatable bonds is 68. The van der Waals surface area contributed by atoms with Crippen LogP contribution in [0.2, 0.25) is 0 Å². The normalized spacial score (nSPS) is 14.3. The topological polar surface area (TPSA) is 105 Å². The van der Waals surface area contributed by atoms with Gasteiger partial charge in [0.05, 0.1) is 39.9 Å². The molecule has 0 aromatic rings. The summed E-state index contributed by atoms with van der Waals surface area (Å²) in [5.74, 6) is -0.189. The van der Waals surface area contributed by atoms with Crippen LogP contribution in [0, 0.1) is 0 Å². The molecule has 0 aliphatic carbocycles. The maximum absolute atomic E-state index is 13.1. The Morgan fingerprint density at radius 3 is 1.03 bits per heavy atom. The number of phosphoric acid groups is 1. The second kappa shape index (κ2) is 69.2. The summed E-state index contributed by atoms with van der Waals surface area (Å²) in [5.41, 5.74) is 0. The number of phosphoric ester groups is 1. The highest BCUT2D eigenvalue weighted by atomic mass is 31.2. The number of likely N-dealkylation sites (N-methyl/N-ethyl adjacent to an activating group) is 1. The van der Waals surface area contributed by atoms with Crippen LogP contribution in [0.4, 0.5) is 0 Å². The summed E-state index contributed by atoms with van der Waals surface area (Å²) in [6.45, 7) is 4.70. The minimum atomic E-state index is -4.37. The van der Waals surface area contributed by atoms with Crippen molar-refractivity contribution in [3.05, 3.63) is 122 Å². The number of carbonyl (C=O) groups excluding carboxylic acids is 1. The van der Waals surface area contributed by atoms with Gasteiger partial charge < -0.3 is 19.8 Å². The largest absolute Gasteiger partial charge is 0.472 e. The first-order chi connectivity index (χ1) is 43.5. The molecule has 0 aromatic heterocycles. The summed E-state index contributed by atoms with van der Waals surface area (Å²) in [4.78, 5) is 23.4. The predicted molar refractivity (Wildman–Crippen MR) is 392 cm³/mol. The monoisotopic (exact) mass is 1260 g/mol. The number of aliphatic hydroxyl groups is 1. The molecule has 89 heavy (non-hydrogen) atoms. The lowest BCUT2D eigenvalue weighted by molar-refractivity contribution is -0.870. The average Bonchev–Trinajstić information content (AvgIpc) is 3.61. The highest BCUT2D eigenvalue weighted by Gasteiger charge is 2.28. The fourth-order valence-electron chi connectivity index (χ4n) is 10.6. The van der Waals surface area contributed by atoms with Gasteiger partial charge in [0.1, 0.15) is 13.2 Å². The van der Waals surface area contributed by atoms with Crippen molar-refractivity contribution in [1.82, 2.24) is 5.32 Å². The Morgan fingerprint density at radius 1 is 0.393 bits per heavy atom. The van der Waals surface area contributed by atoms with Gasteiger partial charge in [-0.3, -0.25) is 13.8 Å². The quantitative estimate of drug-likeness (QED) is 0.0243. The fraction of sp³-hybridized carbons (Fsp3) is 0.738. The third kappa shape index (κ3) is 72.2. The minimum absolute atomic E-state index is 0.0507. The third-order valence-corrected chi connectivity index (χ3v) is 17.4. The Hall–Kier alpha value is -3.10. The molecule has 0 rings (SSSR count). The van der Waals surface area contributed by atoms with Crippen molar-refractivity contribution in [2.24, 2.45) is 0 Å². The van der Waals surface area contributed by atoms with Crippen molar-refractivity contribution in [2.75, 3.05) is 40.9 Å². The van der Waals surface area contributed by atoms with Crippen molar-refractivity contribution < 1.29 is 32.9 Å². The molecule has 0 aliphatic heterocycles. The first kappa shape index (κ1) is 85.9. The molecule has 9 heteroatoms. The SMILES string of the molecule is CC/C=C\C/C=C\C/C=C\C/C=C\C/C=C\C/C=C\C/C=C\CCCCCCCCCCCCCCCCCCCCCC(=O)NC(COP(=O)(O)OCC[N+](C)(C)C)C(O)/C=C/CC/C=C/CC/C=C/CCCCCCCCCCCCCCCCCC. The molecule has 0 aromatic carbocycles. The van der Waals surface area contributed by atoms with Crippen LogP contribution in [0.5, 0.6) is 0 Å². The van der Waals surface area contributed by atoms with E-state index in [4.69, 9.17) is 9.05 Å². The van der Waals surface area contributed by atoms with Gasteiger partial charge in [0.2, 0.25) is 5.91 Å². The molecule has 0 saturated carbocycles. The highest BCUT2D eigenvalue weighted by molar-refractivity contribution is 7.47. The number of allylic oxidation sites excluding steroid dienone is 19. The molecule has 3 N–H and O–H groups in total. The standard InChI is InChI=1S/C80H143N2O6P/c1-6-8-10-12-14-16-18-20-22-24-26-28-30-32-34-35-36-37-38-39-40-41-42-43-44-45-46-47-48-50-52-54-56-58-60-62-64-66-68-70-72-74-80(84)81-78(77-88-89(85,86)87-76-75-82(3,4)5)79(83)73-71-69-67-65-63-61-59-57-55-53-51-49-33-31-29-27-25-23-21-19-17-15-13-11-9-7-2/h8,10,14,16,20,22,26,28,32,34,36-37,39-40,55,57,63,65,71,73,78-79,83H,6-7,9,11-13,15,17-19,21,23-25,27,29-31,33,35,38,41-54,56,58-62,64,66-70,72,74-77H2,1-5H3,(H-,81,84,85,86)/p+1/b10-8-,16-14-,22-20-,28-26-,34-32-,37-36-,40-39-,57-55+,65-63+,73-71+. The number of hydrogen-bond donors (Lipinski definition) is 3. The highest BCUT2D eigenvalue weighted by Crippen LogP contribution is 2.43. The minimum Gasteiger partial charge on any atom is -0.387 e. The Kier molecular flexibility index (Phi) is 66.8. The van der Waals surface area contributed by atoms with Crippen LogP contribution < -0.4 is 5.32 Å². The smallest absolute Gasteiger partial charge is 0.387 e. The Balaban J connectivity index is 4.05. The number of nitrogens with zero attached hydrogens (tertiary/aromatic N) is 1. The molecule has 0 heterocycles. The van der Waals surface area contributed by atoms with Crippen LogP contribution in [0.25, 0.3) is 0 Å². The summed E-state index contributed by atoms with van der Waals surface area (Å²) in [7, 11) is 1.55. The number of quaternary nitrogens is 1. The van der Waals surface area contributed by atoms with E-state index in [0.29, 0.717) is 17.4 Å². The van der Waals surface area contributed by atoms with Crippen LogP contribution in [0.3, 0.4) is 0 Å². The second-order valence-electron chi connectivity index (χ2n) is 26.3. The van der Waals surface area contributed by atoms with Gasteiger partial charge in [-0.2, -0.15) is 0 Å². The molecule has 0 aliphatic rings. The van der Waals surface area contributed by atoms with E-state index in [9.17, 15) is 19.4 Å². The Morgan fingerprint density at radius 2 is 0.685 bits per heavy atom. The molecule has 514 valence electrons. The fourth-order valence-corrected chi connectivity index (χ4v) is 11.4. The van der Waals surface area contributed by atoms with Gasteiger partial charge in [-0.25, -0.2) is 4.57 Å². The predicted octanol–water partition coefficient (Wildman–Crippen LogP) is 24.4. The summed E-state index contributed by atoms with van der Waals surface area (Å²) < 4.78 is 23.8. The lowest BCUT2D eigenvalue weighted by Gasteiger charge is -2.25. The van der Waals surface area contributed by atoms with Gasteiger partial charge in [0.15, 0.2) is 0 Å². The van der Waals surface area contributed by atoms with E-state index in [1.807, 2.05) is 27.2 Å². The maximum Gasteiger partial charge on any atom is 0.472 e. The average molecular weight is 1260 g/mol. The summed E-state index contributed by atoms with van der Waals surface area (Å²) >= 11 is 0. The van der Waals surface area contributed by atoms with Gasteiger partial charge in [0, 0.05) is 6.42 Å². The van der Waals surface area contributed by atoms with Crippen LogP contribution in [0.15, 0.2) is 122 Å². The lowest BCUT2D eigenvalue weighted by atomic mass is 10.0. The summed E-state index contributed by atoms with van der Waals surface area (Å²) in [6, 6.07) is -0.877. The maximum atomic E-state index is 13.1. The van der Waals surface area contributed by atoms with Crippen molar-refractivity contribution in [2.45, 2.75) is 341 Å². The first-order valence-corrected chi connectivity index (χ1v) is 38.9. The number of unbranched alkanes of at least 4 members (excludes halogenated alkanes) is 37. The van der Waals surface area contributed by atoms with Crippen LogP contribution in [-0.2, 0) is 18.4 Å². The summed E-state index contributed by atoms with van der Waals surface area (Å²) in [5, 5.41) is 14.0. The lowest BCUT2D eigenvalue weighted by Crippen LogP contribution is -2.45. The van der Waals surface area contributed by atoms with Crippen molar-refractivity contribution >= 4 is 13.7 Å². The number of hydrogen-bond acceptors (Lipinski definition) is 5. The van der Waals surface area contributed by atoms with Gasteiger partial charge in [-0.05, 0) is 103 Å².